The first-order valence-electron chi connectivity index (χ1n) is 8.88. The van der Waals surface area contributed by atoms with E-state index in [1.54, 1.807) is 24.6 Å². The van der Waals surface area contributed by atoms with Gasteiger partial charge in [0.25, 0.3) is 0 Å². The van der Waals surface area contributed by atoms with Crippen molar-refractivity contribution in [2.75, 3.05) is 7.11 Å². The van der Waals surface area contributed by atoms with Gasteiger partial charge in [-0.25, -0.2) is 19.9 Å². The molecule has 0 aliphatic carbocycles. The molecule has 0 N–H and O–H groups in total. The first-order chi connectivity index (χ1) is 13.7. The molecule has 0 bridgehead atoms. The molecule has 28 heavy (non-hydrogen) atoms. The number of hydrogen-bond donors (Lipinski definition) is 0. The Balaban J connectivity index is 1.48. The smallest absolute Gasteiger partial charge is 0.224 e. The van der Waals surface area contributed by atoms with Gasteiger partial charge in [0, 0.05) is 18.6 Å². The highest BCUT2D eigenvalue weighted by atomic mass is 32.1. The minimum Gasteiger partial charge on any atom is -0.480 e. The maximum Gasteiger partial charge on any atom is 0.224 e. The van der Waals surface area contributed by atoms with Crippen molar-refractivity contribution in [1.29, 1.82) is 0 Å². The van der Waals surface area contributed by atoms with E-state index in [1.807, 2.05) is 30.6 Å². The van der Waals surface area contributed by atoms with Gasteiger partial charge in [0.05, 0.1) is 35.1 Å². The second-order valence-corrected chi connectivity index (χ2v) is 7.69. The van der Waals surface area contributed by atoms with E-state index in [0.29, 0.717) is 18.2 Å². The number of ether oxygens (including phenoxy) is 1. The van der Waals surface area contributed by atoms with Gasteiger partial charge in [-0.15, -0.1) is 11.3 Å². The molecule has 0 saturated heterocycles. The van der Waals surface area contributed by atoms with Crippen molar-refractivity contribution in [2.24, 2.45) is 0 Å². The fraction of sp³-hybridized carbons (Fsp3) is 0.143. The number of aromatic nitrogens is 5. The van der Waals surface area contributed by atoms with Gasteiger partial charge < -0.3 is 9.30 Å². The van der Waals surface area contributed by atoms with Crippen molar-refractivity contribution in [2.45, 2.75) is 13.5 Å². The predicted molar refractivity (Wildman–Crippen MR) is 110 cm³/mol. The molecule has 1 aromatic carbocycles. The van der Waals surface area contributed by atoms with Crippen LogP contribution in [0.4, 0.5) is 0 Å². The zero-order valence-corrected chi connectivity index (χ0v) is 16.3. The van der Waals surface area contributed by atoms with Crippen LogP contribution >= 0.6 is 11.3 Å². The van der Waals surface area contributed by atoms with E-state index in [1.165, 1.54) is 10.3 Å². The van der Waals surface area contributed by atoms with Crippen LogP contribution in [0, 0.1) is 6.92 Å². The second kappa shape index (κ2) is 6.69. The molecule has 2 aromatic heterocycles. The fourth-order valence-electron chi connectivity index (χ4n) is 3.20. The average molecular weight is 387 g/mol. The number of benzene rings is 1. The SMILES string of the molecule is COc1ncccc1-c1nc2ccn(Cc3nc4cc(C)ccc4s3)cc-2n1. The normalized spacial score (nSPS) is 11.4. The minimum atomic E-state index is 0.524. The number of fused-ring (bicyclic) bond motifs is 2. The topological polar surface area (TPSA) is 65.7 Å². The maximum atomic E-state index is 5.33. The fourth-order valence-corrected chi connectivity index (χ4v) is 4.16. The third kappa shape index (κ3) is 2.99. The largest absolute Gasteiger partial charge is 0.480 e. The molecule has 0 radical (unpaired) electrons. The Morgan fingerprint density at radius 2 is 1.96 bits per heavy atom. The van der Waals surface area contributed by atoms with Crippen LogP contribution in [-0.4, -0.2) is 31.6 Å². The molecule has 5 rings (SSSR count). The van der Waals surface area contributed by atoms with Crippen molar-refractivity contribution in [1.82, 2.24) is 24.5 Å². The second-order valence-electron chi connectivity index (χ2n) is 6.57. The van der Waals surface area contributed by atoms with E-state index in [2.05, 4.69) is 44.6 Å². The standard InChI is InChI=1S/C21H17N5OS/c1-13-5-6-18-16(10-13)23-19(28-18)12-26-9-7-15-17(11-26)25-20(24-15)14-4-3-8-22-21(14)27-2/h3-11H,12H2,1-2H3. The summed E-state index contributed by atoms with van der Waals surface area (Å²) in [6, 6.07) is 12.1. The Bertz CT molecular complexity index is 1260. The lowest BCUT2D eigenvalue weighted by Gasteiger charge is -2.05. The van der Waals surface area contributed by atoms with E-state index in [4.69, 9.17) is 9.72 Å². The van der Waals surface area contributed by atoms with Crippen LogP contribution in [0.15, 0.2) is 55.0 Å². The monoisotopic (exact) mass is 387 g/mol. The minimum absolute atomic E-state index is 0.524. The summed E-state index contributed by atoms with van der Waals surface area (Å²) in [7, 11) is 1.60. The van der Waals surface area contributed by atoms with E-state index >= 15 is 0 Å². The Hall–Kier alpha value is -3.32. The van der Waals surface area contributed by atoms with Crippen molar-refractivity contribution < 1.29 is 4.74 Å². The number of hydrogen-bond acceptors (Lipinski definition) is 6. The first kappa shape index (κ1) is 16.8. The van der Waals surface area contributed by atoms with Crippen LogP contribution in [0.5, 0.6) is 5.88 Å². The maximum absolute atomic E-state index is 5.33. The molecule has 0 unspecified atom stereocenters. The van der Waals surface area contributed by atoms with Gasteiger partial charge in [0.1, 0.15) is 10.7 Å². The van der Waals surface area contributed by atoms with E-state index < -0.39 is 0 Å². The highest BCUT2D eigenvalue weighted by Gasteiger charge is 2.16. The van der Waals surface area contributed by atoms with E-state index in [0.717, 1.165) is 27.5 Å². The van der Waals surface area contributed by atoms with Crippen LogP contribution in [0.3, 0.4) is 0 Å². The Kier molecular flexibility index (Phi) is 4.02. The number of pyridine rings is 2. The first-order valence-corrected chi connectivity index (χ1v) is 9.70. The molecule has 0 spiro atoms. The van der Waals surface area contributed by atoms with E-state index in [9.17, 15) is 0 Å². The molecule has 0 amide bonds. The van der Waals surface area contributed by atoms with Gasteiger partial charge in [-0.2, -0.15) is 0 Å². The van der Waals surface area contributed by atoms with Crippen molar-refractivity contribution >= 4 is 21.6 Å². The summed E-state index contributed by atoms with van der Waals surface area (Å²) >= 11 is 1.72. The summed E-state index contributed by atoms with van der Waals surface area (Å²) in [5, 5.41) is 1.07. The zero-order valence-electron chi connectivity index (χ0n) is 15.5. The molecule has 0 saturated carbocycles. The molecule has 3 aromatic rings. The lowest BCUT2D eigenvalue weighted by Crippen LogP contribution is -2.00. The van der Waals surface area contributed by atoms with E-state index in [-0.39, 0.29) is 0 Å². The number of methoxy groups -OCH3 is 1. The molecular formula is C21H17N5OS. The summed E-state index contributed by atoms with van der Waals surface area (Å²) in [5.74, 6) is 1.14. The van der Waals surface area contributed by atoms with Gasteiger partial charge in [-0.05, 0) is 42.8 Å². The number of nitrogens with zero attached hydrogens (tertiary/aromatic N) is 5. The van der Waals surface area contributed by atoms with Crippen molar-refractivity contribution in [3.8, 4) is 28.7 Å². The molecular weight excluding hydrogens is 370 g/mol. The quantitative estimate of drug-likeness (QED) is 0.457. The summed E-state index contributed by atoms with van der Waals surface area (Å²) in [6.45, 7) is 2.79. The summed E-state index contributed by atoms with van der Waals surface area (Å²) in [4.78, 5) is 18.3. The Morgan fingerprint density at radius 1 is 1.07 bits per heavy atom. The van der Waals surface area contributed by atoms with Crippen LogP contribution < -0.4 is 4.74 Å². The Morgan fingerprint density at radius 3 is 2.86 bits per heavy atom. The van der Waals surface area contributed by atoms with Crippen LogP contribution in [0.1, 0.15) is 10.6 Å². The molecule has 4 heterocycles. The summed E-state index contributed by atoms with van der Waals surface area (Å²) < 4.78 is 8.63. The molecule has 138 valence electrons. The number of rotatable bonds is 4. The van der Waals surface area contributed by atoms with Crippen LogP contribution in [0.2, 0.25) is 0 Å². The number of thiazole rings is 1. The predicted octanol–water partition coefficient (Wildman–Crippen LogP) is 4.42. The number of aryl methyl sites for hydroxylation is 1. The van der Waals surface area contributed by atoms with Gasteiger partial charge in [0.2, 0.25) is 5.88 Å². The summed E-state index contributed by atoms with van der Waals surface area (Å²) in [6.07, 6.45) is 5.71. The third-order valence-corrected chi connectivity index (χ3v) is 5.56. The molecule has 2 aliphatic heterocycles. The molecule has 0 fully saturated rings. The summed E-state index contributed by atoms with van der Waals surface area (Å²) in [5.41, 5.74) is 4.75. The van der Waals surface area contributed by atoms with Gasteiger partial charge in [-0.1, -0.05) is 6.07 Å². The molecule has 0 atom stereocenters. The lowest BCUT2D eigenvalue weighted by molar-refractivity contribution is 0.399. The highest BCUT2D eigenvalue weighted by molar-refractivity contribution is 7.18. The molecule has 7 heteroatoms. The number of imidazole rings is 1. The van der Waals surface area contributed by atoms with Crippen molar-refractivity contribution in [3.63, 3.8) is 0 Å². The van der Waals surface area contributed by atoms with Crippen molar-refractivity contribution in [3.05, 3.63) is 65.6 Å². The zero-order chi connectivity index (χ0) is 19.1. The van der Waals surface area contributed by atoms with Gasteiger partial charge >= 0.3 is 0 Å². The average Bonchev–Trinajstić information content (AvgIpc) is 3.30. The van der Waals surface area contributed by atoms with Crippen LogP contribution in [-0.2, 0) is 6.54 Å². The van der Waals surface area contributed by atoms with Gasteiger partial charge in [-0.3, -0.25) is 0 Å². The lowest BCUT2D eigenvalue weighted by atomic mass is 10.2. The molecule has 6 nitrogen and oxygen atoms in total. The Labute approximate surface area is 165 Å². The van der Waals surface area contributed by atoms with Crippen LogP contribution in [0.25, 0.3) is 33.0 Å². The highest BCUT2D eigenvalue weighted by Crippen LogP contribution is 2.30. The molecule has 2 aliphatic rings. The van der Waals surface area contributed by atoms with Gasteiger partial charge in [0.15, 0.2) is 5.82 Å². The third-order valence-electron chi connectivity index (χ3n) is 4.54.